The van der Waals surface area contributed by atoms with Crippen LogP contribution in [0.5, 0.6) is 5.75 Å². The van der Waals surface area contributed by atoms with E-state index in [0.717, 1.165) is 5.56 Å². The predicted molar refractivity (Wildman–Crippen MR) is 101 cm³/mol. The topological polar surface area (TPSA) is 72.1 Å². The normalized spacial score (nSPS) is 10.9. The molecule has 7 heteroatoms. The second-order valence-electron chi connectivity index (χ2n) is 5.66. The molecular formula is C19H16Cl2N2O3. The molecule has 0 aliphatic rings. The minimum absolute atomic E-state index is 0.109. The Morgan fingerprint density at radius 2 is 1.96 bits per heavy atom. The summed E-state index contributed by atoms with van der Waals surface area (Å²) in [6.07, 6.45) is 2.38. The van der Waals surface area contributed by atoms with Crippen LogP contribution in [0.1, 0.15) is 42.0 Å². The molecule has 2 heterocycles. The predicted octanol–water partition coefficient (Wildman–Crippen LogP) is 4.98. The van der Waals surface area contributed by atoms with Crippen molar-refractivity contribution in [2.45, 2.75) is 26.7 Å². The second-order valence-corrected chi connectivity index (χ2v) is 6.48. The van der Waals surface area contributed by atoms with Crippen molar-refractivity contribution in [2.24, 2.45) is 0 Å². The summed E-state index contributed by atoms with van der Waals surface area (Å²) in [6.45, 7) is 3.62. The van der Waals surface area contributed by atoms with Crippen LogP contribution in [0.2, 0.25) is 10.0 Å². The average molecular weight is 391 g/mol. The van der Waals surface area contributed by atoms with Crippen LogP contribution in [-0.2, 0) is 11.2 Å². The van der Waals surface area contributed by atoms with E-state index in [-0.39, 0.29) is 23.6 Å². The Balaban J connectivity index is 2.18. The van der Waals surface area contributed by atoms with Gasteiger partial charge in [0.15, 0.2) is 5.75 Å². The molecule has 0 aliphatic heterocycles. The first kappa shape index (κ1) is 18.4. The monoisotopic (exact) mass is 390 g/mol. The zero-order valence-corrected chi connectivity index (χ0v) is 15.7. The summed E-state index contributed by atoms with van der Waals surface area (Å²) in [5, 5.41) is 1.38. The molecule has 3 aromatic rings. The number of H-pyrrole nitrogens is 1. The molecule has 2 aromatic heterocycles. The van der Waals surface area contributed by atoms with Gasteiger partial charge in [-0.15, -0.1) is 0 Å². The van der Waals surface area contributed by atoms with Gasteiger partial charge < -0.3 is 9.72 Å². The van der Waals surface area contributed by atoms with Crippen molar-refractivity contribution in [1.82, 2.24) is 9.97 Å². The third kappa shape index (κ3) is 3.32. The van der Waals surface area contributed by atoms with Gasteiger partial charge in [-0.05, 0) is 36.2 Å². The summed E-state index contributed by atoms with van der Waals surface area (Å²) in [5.74, 6) is -0.735. The number of pyridine rings is 1. The van der Waals surface area contributed by atoms with Gasteiger partial charge in [-0.1, -0.05) is 37.0 Å². The molecule has 0 aliphatic carbocycles. The van der Waals surface area contributed by atoms with E-state index >= 15 is 0 Å². The quantitative estimate of drug-likeness (QED) is 0.492. The Labute approximate surface area is 160 Å². The minimum Gasteiger partial charge on any atom is -0.423 e. The zero-order chi connectivity index (χ0) is 18.8. The van der Waals surface area contributed by atoms with Crippen LogP contribution < -0.4 is 4.74 Å². The van der Waals surface area contributed by atoms with Crippen molar-refractivity contribution in [1.29, 1.82) is 0 Å². The summed E-state index contributed by atoms with van der Waals surface area (Å²) >= 11 is 12.4. The first-order valence-corrected chi connectivity index (χ1v) is 8.91. The van der Waals surface area contributed by atoms with E-state index < -0.39 is 11.8 Å². The molecule has 0 spiro atoms. The summed E-state index contributed by atoms with van der Waals surface area (Å²) in [6, 6.07) is 6.79. The molecule has 0 unspecified atom stereocenters. The van der Waals surface area contributed by atoms with Gasteiger partial charge in [0.25, 0.3) is 0 Å². The fraction of sp³-hybridized carbons (Fsp3) is 0.211. The van der Waals surface area contributed by atoms with Crippen LogP contribution in [0.3, 0.4) is 0 Å². The number of benzene rings is 1. The number of esters is 1. The van der Waals surface area contributed by atoms with Crippen molar-refractivity contribution in [3.8, 4) is 5.75 Å². The minimum atomic E-state index is -0.448. The van der Waals surface area contributed by atoms with Crippen molar-refractivity contribution in [3.63, 3.8) is 0 Å². The van der Waals surface area contributed by atoms with Gasteiger partial charge in [-0.3, -0.25) is 14.6 Å². The third-order valence-corrected chi connectivity index (χ3v) is 4.67. The van der Waals surface area contributed by atoms with E-state index in [4.69, 9.17) is 27.9 Å². The Morgan fingerprint density at radius 3 is 2.65 bits per heavy atom. The van der Waals surface area contributed by atoms with E-state index in [1.807, 2.05) is 6.92 Å². The second kappa shape index (κ2) is 7.48. The SMILES string of the molecule is CCC(=O)Oc1c(C(=O)c2nccc(CC)c2Cl)[nH]c2cc(Cl)ccc12. The van der Waals surface area contributed by atoms with Crippen molar-refractivity contribution < 1.29 is 14.3 Å². The molecule has 1 aromatic carbocycles. The summed E-state index contributed by atoms with van der Waals surface area (Å²) in [7, 11) is 0. The first-order chi connectivity index (χ1) is 12.5. The van der Waals surface area contributed by atoms with Crippen molar-refractivity contribution in [2.75, 3.05) is 0 Å². The third-order valence-electron chi connectivity index (χ3n) is 4.01. The Kier molecular flexibility index (Phi) is 5.30. The Bertz CT molecular complexity index is 1010. The molecule has 0 amide bonds. The molecular weight excluding hydrogens is 375 g/mol. The van der Waals surface area contributed by atoms with Crippen LogP contribution >= 0.6 is 23.2 Å². The largest absolute Gasteiger partial charge is 0.423 e. The van der Waals surface area contributed by atoms with Gasteiger partial charge in [-0.2, -0.15) is 0 Å². The number of carbonyl (C=O) groups excluding carboxylic acids is 2. The number of nitrogens with one attached hydrogen (secondary N) is 1. The van der Waals surface area contributed by atoms with Gasteiger partial charge in [0, 0.05) is 23.0 Å². The number of ketones is 1. The molecule has 0 saturated carbocycles. The number of hydrogen-bond donors (Lipinski definition) is 1. The number of carbonyl (C=O) groups is 2. The number of hydrogen-bond acceptors (Lipinski definition) is 4. The molecule has 0 fully saturated rings. The fourth-order valence-corrected chi connectivity index (χ4v) is 3.13. The van der Waals surface area contributed by atoms with Crippen LogP contribution in [0.4, 0.5) is 0 Å². The van der Waals surface area contributed by atoms with Crippen LogP contribution in [0.15, 0.2) is 30.5 Å². The number of fused-ring (bicyclic) bond motifs is 1. The van der Waals surface area contributed by atoms with Crippen LogP contribution in [0, 0.1) is 0 Å². The number of aromatic nitrogens is 2. The molecule has 1 N–H and O–H groups in total. The zero-order valence-electron chi connectivity index (χ0n) is 14.2. The highest BCUT2D eigenvalue weighted by atomic mass is 35.5. The smallest absolute Gasteiger partial charge is 0.310 e. The molecule has 3 rings (SSSR count). The number of nitrogens with zero attached hydrogens (tertiary/aromatic N) is 1. The number of halogens is 2. The molecule has 0 saturated heterocycles. The number of rotatable bonds is 5. The van der Waals surface area contributed by atoms with Crippen molar-refractivity contribution in [3.05, 3.63) is 57.5 Å². The Hall–Kier alpha value is -2.37. The average Bonchev–Trinajstić information content (AvgIpc) is 2.98. The van der Waals surface area contributed by atoms with Crippen LogP contribution in [0.25, 0.3) is 10.9 Å². The summed E-state index contributed by atoms with van der Waals surface area (Å²) in [5.41, 5.74) is 1.63. The first-order valence-electron chi connectivity index (χ1n) is 8.16. The standard InChI is InChI=1S/C19H16Cl2N2O3/c1-3-10-7-8-22-16(15(10)21)18(25)17-19(26-14(24)4-2)12-6-5-11(20)9-13(12)23-17/h5-9,23H,3-4H2,1-2H3. The van der Waals surface area contributed by atoms with Crippen molar-refractivity contribution >= 4 is 45.9 Å². The highest BCUT2D eigenvalue weighted by molar-refractivity contribution is 6.35. The van der Waals surface area contributed by atoms with Gasteiger partial charge in [0.2, 0.25) is 5.78 Å². The highest BCUT2D eigenvalue weighted by Gasteiger charge is 2.25. The number of aromatic amines is 1. The molecule has 0 bridgehead atoms. The lowest BCUT2D eigenvalue weighted by Crippen LogP contribution is -2.12. The van der Waals surface area contributed by atoms with E-state index in [1.165, 1.54) is 6.20 Å². The van der Waals surface area contributed by atoms with E-state index in [9.17, 15) is 9.59 Å². The fourth-order valence-electron chi connectivity index (χ4n) is 2.63. The molecule has 0 radical (unpaired) electrons. The van der Waals surface area contributed by atoms with Crippen LogP contribution in [-0.4, -0.2) is 21.7 Å². The maximum absolute atomic E-state index is 13.1. The summed E-state index contributed by atoms with van der Waals surface area (Å²) < 4.78 is 5.42. The van der Waals surface area contributed by atoms with Gasteiger partial charge in [0.1, 0.15) is 11.4 Å². The molecule has 26 heavy (non-hydrogen) atoms. The molecule has 5 nitrogen and oxygen atoms in total. The lowest BCUT2D eigenvalue weighted by atomic mass is 10.1. The maximum atomic E-state index is 13.1. The molecule has 0 atom stereocenters. The number of ether oxygens (including phenoxy) is 1. The molecule has 134 valence electrons. The Morgan fingerprint density at radius 1 is 1.19 bits per heavy atom. The van der Waals surface area contributed by atoms with Gasteiger partial charge >= 0.3 is 5.97 Å². The summed E-state index contributed by atoms with van der Waals surface area (Å²) in [4.78, 5) is 32.0. The highest BCUT2D eigenvalue weighted by Crippen LogP contribution is 2.34. The maximum Gasteiger partial charge on any atom is 0.310 e. The van der Waals surface area contributed by atoms with E-state index in [0.29, 0.717) is 27.4 Å². The lowest BCUT2D eigenvalue weighted by molar-refractivity contribution is -0.133. The number of aryl methyl sites for hydroxylation is 1. The van der Waals surface area contributed by atoms with Gasteiger partial charge in [0.05, 0.1) is 10.5 Å². The van der Waals surface area contributed by atoms with Gasteiger partial charge in [-0.25, -0.2) is 0 Å². The van der Waals surface area contributed by atoms with E-state index in [1.54, 1.807) is 31.2 Å². The van der Waals surface area contributed by atoms with E-state index in [2.05, 4.69) is 9.97 Å². The lowest BCUT2D eigenvalue weighted by Gasteiger charge is -2.08.